The van der Waals surface area contributed by atoms with E-state index in [9.17, 15) is 9.50 Å². The topological polar surface area (TPSA) is 20.2 Å². The van der Waals surface area contributed by atoms with Crippen LogP contribution in [0.5, 0.6) is 0 Å². The van der Waals surface area contributed by atoms with Gasteiger partial charge >= 0.3 is 0 Å². The molecule has 0 spiro atoms. The predicted octanol–water partition coefficient (Wildman–Crippen LogP) is 3.56. The van der Waals surface area contributed by atoms with E-state index in [-0.39, 0.29) is 5.82 Å². The molecule has 0 aliphatic rings. The van der Waals surface area contributed by atoms with Crippen molar-refractivity contribution in [2.45, 2.75) is 26.9 Å². The summed E-state index contributed by atoms with van der Waals surface area (Å²) in [6.45, 7) is 6.16. The zero-order chi connectivity index (χ0) is 12.1. The molecule has 16 heavy (non-hydrogen) atoms. The van der Waals surface area contributed by atoms with Crippen molar-refractivity contribution >= 4 is 11.8 Å². The zero-order valence-electron chi connectivity index (χ0n) is 10.0. The van der Waals surface area contributed by atoms with Gasteiger partial charge < -0.3 is 5.11 Å². The van der Waals surface area contributed by atoms with E-state index in [0.29, 0.717) is 17.2 Å². The third kappa shape index (κ3) is 4.14. The summed E-state index contributed by atoms with van der Waals surface area (Å²) in [7, 11) is 0. The smallest absolute Gasteiger partial charge is 0.129 e. The molecule has 1 atom stereocenters. The second-order valence-electron chi connectivity index (χ2n) is 4.47. The van der Waals surface area contributed by atoms with Gasteiger partial charge in [0.2, 0.25) is 0 Å². The molecular weight excluding hydrogens is 223 g/mol. The summed E-state index contributed by atoms with van der Waals surface area (Å²) >= 11 is 1.66. The molecule has 0 heterocycles. The van der Waals surface area contributed by atoms with Crippen molar-refractivity contribution in [3.05, 3.63) is 35.1 Å². The molecule has 0 radical (unpaired) electrons. The van der Waals surface area contributed by atoms with Crippen molar-refractivity contribution < 1.29 is 9.50 Å². The van der Waals surface area contributed by atoms with Crippen LogP contribution in [-0.2, 0) is 0 Å². The number of halogens is 1. The first-order valence-electron chi connectivity index (χ1n) is 5.52. The van der Waals surface area contributed by atoms with Crippen molar-refractivity contribution in [1.82, 2.24) is 0 Å². The summed E-state index contributed by atoms with van der Waals surface area (Å²) in [5.41, 5.74) is 1.39. The number of aliphatic hydroxyl groups excluding tert-OH is 1. The van der Waals surface area contributed by atoms with Gasteiger partial charge in [0.25, 0.3) is 0 Å². The van der Waals surface area contributed by atoms with Crippen LogP contribution in [0.4, 0.5) is 4.39 Å². The fourth-order valence-corrected chi connectivity index (χ4v) is 2.43. The largest absolute Gasteiger partial charge is 0.387 e. The van der Waals surface area contributed by atoms with E-state index in [0.717, 1.165) is 11.3 Å². The van der Waals surface area contributed by atoms with E-state index in [2.05, 4.69) is 13.8 Å². The Morgan fingerprint density at radius 3 is 2.62 bits per heavy atom. The first kappa shape index (κ1) is 13.5. The van der Waals surface area contributed by atoms with Crippen LogP contribution in [0.3, 0.4) is 0 Å². The average molecular weight is 242 g/mol. The number of benzene rings is 1. The molecule has 90 valence electrons. The Bertz CT molecular complexity index is 339. The van der Waals surface area contributed by atoms with Crippen LogP contribution in [-0.4, -0.2) is 16.6 Å². The summed E-state index contributed by atoms with van der Waals surface area (Å²) in [6, 6.07) is 4.85. The van der Waals surface area contributed by atoms with Gasteiger partial charge in [0.15, 0.2) is 0 Å². The molecule has 0 aliphatic heterocycles. The van der Waals surface area contributed by atoms with Crippen molar-refractivity contribution in [3.63, 3.8) is 0 Å². The van der Waals surface area contributed by atoms with Crippen LogP contribution in [0.1, 0.15) is 31.1 Å². The Morgan fingerprint density at radius 2 is 2.00 bits per heavy atom. The van der Waals surface area contributed by atoms with Crippen molar-refractivity contribution in [2.24, 2.45) is 5.92 Å². The van der Waals surface area contributed by atoms with E-state index in [1.165, 1.54) is 6.07 Å². The molecular formula is C13H19FOS. The Kier molecular flexibility index (Phi) is 5.29. The molecule has 3 heteroatoms. The van der Waals surface area contributed by atoms with Gasteiger partial charge in [0.05, 0.1) is 6.10 Å². The third-order valence-electron chi connectivity index (χ3n) is 2.24. The lowest BCUT2D eigenvalue weighted by molar-refractivity contribution is 0.199. The maximum absolute atomic E-state index is 13.4. The fourth-order valence-electron chi connectivity index (χ4n) is 1.42. The van der Waals surface area contributed by atoms with Crippen LogP contribution in [0.2, 0.25) is 0 Å². The first-order valence-corrected chi connectivity index (χ1v) is 6.68. The quantitative estimate of drug-likeness (QED) is 0.852. The Labute approximate surface area is 101 Å². The Morgan fingerprint density at radius 1 is 1.31 bits per heavy atom. The molecule has 1 unspecified atom stereocenters. The van der Waals surface area contributed by atoms with E-state index in [4.69, 9.17) is 0 Å². The van der Waals surface area contributed by atoms with E-state index >= 15 is 0 Å². The Balaban J connectivity index is 2.58. The van der Waals surface area contributed by atoms with Gasteiger partial charge in [-0.2, -0.15) is 11.8 Å². The minimum Gasteiger partial charge on any atom is -0.387 e. The van der Waals surface area contributed by atoms with Crippen molar-refractivity contribution in [3.8, 4) is 0 Å². The van der Waals surface area contributed by atoms with E-state index in [1.807, 2.05) is 6.92 Å². The number of aliphatic hydroxyl groups is 1. The normalized spacial score (nSPS) is 13.1. The summed E-state index contributed by atoms with van der Waals surface area (Å²) in [4.78, 5) is 0. The number of aryl methyl sites for hydroxylation is 1. The monoisotopic (exact) mass is 242 g/mol. The maximum Gasteiger partial charge on any atom is 0.129 e. The third-order valence-corrected chi connectivity index (χ3v) is 3.69. The highest BCUT2D eigenvalue weighted by Crippen LogP contribution is 2.23. The van der Waals surface area contributed by atoms with Gasteiger partial charge in [-0.05, 0) is 24.7 Å². The van der Waals surface area contributed by atoms with Gasteiger partial charge in [0, 0.05) is 11.3 Å². The van der Waals surface area contributed by atoms with E-state index < -0.39 is 6.10 Å². The van der Waals surface area contributed by atoms with E-state index in [1.54, 1.807) is 23.9 Å². The average Bonchev–Trinajstić information content (AvgIpc) is 2.21. The molecule has 0 aliphatic carbocycles. The fraction of sp³-hybridized carbons (Fsp3) is 0.538. The highest BCUT2D eigenvalue weighted by molar-refractivity contribution is 7.99. The second kappa shape index (κ2) is 6.26. The molecule has 1 aromatic carbocycles. The van der Waals surface area contributed by atoms with Gasteiger partial charge in [-0.25, -0.2) is 4.39 Å². The molecule has 1 nitrogen and oxygen atoms in total. The lowest BCUT2D eigenvalue weighted by atomic mass is 10.1. The second-order valence-corrected chi connectivity index (χ2v) is 5.55. The molecule has 1 aromatic rings. The molecule has 0 saturated heterocycles. The SMILES string of the molecule is Cc1ccc(F)c(C(O)CSCC(C)C)c1. The number of thioether (sulfide) groups is 1. The molecule has 0 fully saturated rings. The minimum atomic E-state index is -0.705. The molecule has 0 aromatic heterocycles. The molecule has 0 saturated carbocycles. The number of rotatable bonds is 5. The van der Waals surface area contributed by atoms with Crippen LogP contribution < -0.4 is 0 Å². The molecule has 1 rings (SSSR count). The lowest BCUT2D eigenvalue weighted by Crippen LogP contribution is -2.05. The Hall–Kier alpha value is -0.540. The summed E-state index contributed by atoms with van der Waals surface area (Å²) < 4.78 is 13.4. The maximum atomic E-state index is 13.4. The van der Waals surface area contributed by atoms with Crippen LogP contribution >= 0.6 is 11.8 Å². The van der Waals surface area contributed by atoms with Gasteiger partial charge in [0.1, 0.15) is 5.82 Å². The summed E-state index contributed by atoms with van der Waals surface area (Å²) in [5, 5.41) is 9.88. The van der Waals surface area contributed by atoms with Crippen molar-refractivity contribution in [2.75, 3.05) is 11.5 Å². The van der Waals surface area contributed by atoms with Crippen LogP contribution in [0.15, 0.2) is 18.2 Å². The highest BCUT2D eigenvalue weighted by atomic mass is 32.2. The molecule has 0 bridgehead atoms. The van der Waals surface area contributed by atoms with Crippen LogP contribution in [0, 0.1) is 18.7 Å². The van der Waals surface area contributed by atoms with Gasteiger partial charge in [-0.15, -0.1) is 0 Å². The standard InChI is InChI=1S/C13H19FOS/c1-9(2)7-16-8-13(15)11-6-10(3)4-5-12(11)14/h4-6,9,13,15H,7-8H2,1-3H3. The minimum absolute atomic E-state index is 0.316. The van der Waals surface area contributed by atoms with Crippen molar-refractivity contribution in [1.29, 1.82) is 0 Å². The van der Waals surface area contributed by atoms with Gasteiger partial charge in [-0.3, -0.25) is 0 Å². The molecule has 1 N–H and O–H groups in total. The molecule has 0 amide bonds. The predicted molar refractivity (Wildman–Crippen MR) is 68.3 cm³/mol. The number of hydrogen-bond acceptors (Lipinski definition) is 2. The first-order chi connectivity index (χ1) is 7.50. The van der Waals surface area contributed by atoms with Gasteiger partial charge in [-0.1, -0.05) is 31.5 Å². The number of hydrogen-bond donors (Lipinski definition) is 1. The summed E-state index contributed by atoms with van der Waals surface area (Å²) in [6.07, 6.45) is -0.705. The zero-order valence-corrected chi connectivity index (χ0v) is 10.9. The lowest BCUT2D eigenvalue weighted by Gasteiger charge is -2.13. The van der Waals surface area contributed by atoms with Crippen LogP contribution in [0.25, 0.3) is 0 Å². The highest BCUT2D eigenvalue weighted by Gasteiger charge is 2.13. The summed E-state index contributed by atoms with van der Waals surface area (Å²) in [5.74, 6) is 1.83.